The maximum absolute atomic E-state index is 12.2. The van der Waals surface area contributed by atoms with E-state index in [0.29, 0.717) is 0 Å². The monoisotopic (exact) mass is 326 g/mol. The van der Waals surface area contributed by atoms with Gasteiger partial charge < -0.3 is 32.1 Å². The maximum Gasteiger partial charge on any atom is 0.340 e. The number of carbonyl (C=O) groups is 4. The second-order valence-electron chi connectivity index (χ2n) is 6.14. The van der Waals surface area contributed by atoms with Gasteiger partial charge in [0.05, 0.1) is 0 Å². The first-order chi connectivity index (χ1) is 10.2. The van der Waals surface area contributed by atoms with E-state index in [1.807, 2.05) is 5.23 Å². The van der Waals surface area contributed by atoms with Crippen LogP contribution >= 0.6 is 0 Å². The SMILES string of the molecule is CC(C)(N)[B]NC(=O)C(C(=O)O)(C(=O)O)C(=O)NC(C)(C)[B]N. The highest BCUT2D eigenvalue weighted by molar-refractivity contribution is 6.46. The minimum atomic E-state index is -3.39. The molecule has 8 N–H and O–H groups in total. The van der Waals surface area contributed by atoms with E-state index in [1.165, 1.54) is 27.7 Å². The Balaban J connectivity index is 5.76. The van der Waals surface area contributed by atoms with Crippen LogP contribution in [0, 0.1) is 5.41 Å². The van der Waals surface area contributed by atoms with E-state index in [-0.39, 0.29) is 0 Å². The fourth-order valence-electron chi connectivity index (χ4n) is 1.37. The molecule has 126 valence electrons. The zero-order valence-electron chi connectivity index (χ0n) is 13.3. The van der Waals surface area contributed by atoms with E-state index >= 15 is 0 Å². The topological polar surface area (TPSA) is 185 Å². The molecule has 0 heterocycles. The van der Waals surface area contributed by atoms with E-state index in [0.717, 1.165) is 14.8 Å². The molecule has 2 amide bonds. The predicted octanol–water partition coefficient (Wildman–Crippen LogP) is -3.00. The fraction of sp³-hybridized carbons (Fsp3) is 0.636. The summed E-state index contributed by atoms with van der Waals surface area (Å²) in [7, 11) is 2.01. The van der Waals surface area contributed by atoms with E-state index < -0.39 is 40.0 Å². The third kappa shape index (κ3) is 4.96. The van der Waals surface area contributed by atoms with Crippen molar-refractivity contribution >= 4 is 38.6 Å². The third-order valence-electron chi connectivity index (χ3n) is 2.75. The second kappa shape index (κ2) is 7.00. The van der Waals surface area contributed by atoms with Gasteiger partial charge >= 0.3 is 17.4 Å². The van der Waals surface area contributed by atoms with Crippen LogP contribution in [0.4, 0.5) is 0 Å². The molecule has 0 bridgehead atoms. The second-order valence-corrected chi connectivity index (χ2v) is 6.14. The van der Waals surface area contributed by atoms with Crippen molar-refractivity contribution < 1.29 is 29.4 Å². The van der Waals surface area contributed by atoms with Crippen LogP contribution in [0.5, 0.6) is 0 Å². The Morgan fingerprint density at radius 2 is 1.39 bits per heavy atom. The zero-order chi connectivity index (χ0) is 18.6. The van der Waals surface area contributed by atoms with E-state index in [9.17, 15) is 29.4 Å². The molecule has 2 radical (unpaired) electrons. The van der Waals surface area contributed by atoms with Gasteiger partial charge in [-0.3, -0.25) is 9.59 Å². The number of amides is 2. The molecule has 10 nitrogen and oxygen atoms in total. The number of aliphatic carboxylic acids is 2. The Morgan fingerprint density at radius 1 is 0.957 bits per heavy atom. The summed E-state index contributed by atoms with van der Waals surface area (Å²) < 4.78 is 0. The molecule has 0 rings (SSSR count). The Kier molecular flexibility index (Phi) is 6.37. The van der Waals surface area contributed by atoms with Crippen LogP contribution in [0.25, 0.3) is 0 Å². The van der Waals surface area contributed by atoms with Gasteiger partial charge in [0.2, 0.25) is 13.3 Å². The highest BCUT2D eigenvalue weighted by Gasteiger charge is 2.61. The summed E-state index contributed by atoms with van der Waals surface area (Å²) in [5.41, 5.74) is 5.20. The average Bonchev–Trinajstić information content (AvgIpc) is 2.34. The van der Waals surface area contributed by atoms with Gasteiger partial charge in [0.25, 0.3) is 13.3 Å². The lowest BCUT2D eigenvalue weighted by Crippen LogP contribution is -2.66. The van der Waals surface area contributed by atoms with Crippen molar-refractivity contribution in [1.29, 1.82) is 0 Å². The molecular formula is C11H20B2N4O6. The largest absolute Gasteiger partial charge is 0.480 e. The summed E-state index contributed by atoms with van der Waals surface area (Å²) in [6.45, 7) is 5.74. The third-order valence-corrected chi connectivity index (χ3v) is 2.75. The van der Waals surface area contributed by atoms with Gasteiger partial charge in [-0.2, -0.15) is 0 Å². The number of hydrogen-bond donors (Lipinski definition) is 6. The summed E-state index contributed by atoms with van der Waals surface area (Å²) in [6.07, 6.45) is 0. The Morgan fingerprint density at radius 3 is 1.70 bits per heavy atom. The molecule has 0 unspecified atom stereocenters. The number of carboxylic acid groups (broad SMARTS) is 2. The molecule has 0 aromatic carbocycles. The van der Waals surface area contributed by atoms with Crippen LogP contribution < -0.4 is 21.9 Å². The molecule has 0 aliphatic heterocycles. The van der Waals surface area contributed by atoms with Gasteiger partial charge in [0.1, 0.15) is 0 Å². The summed E-state index contributed by atoms with van der Waals surface area (Å²) in [5.74, 6) is -7.38. The van der Waals surface area contributed by atoms with Gasteiger partial charge in [-0.1, -0.05) is 13.8 Å². The van der Waals surface area contributed by atoms with Crippen LogP contribution in [0.15, 0.2) is 0 Å². The van der Waals surface area contributed by atoms with Crippen molar-refractivity contribution in [3.63, 3.8) is 0 Å². The van der Waals surface area contributed by atoms with Crippen molar-refractivity contribution in [2.45, 2.75) is 38.6 Å². The lowest BCUT2D eigenvalue weighted by molar-refractivity contribution is -0.172. The molecule has 0 saturated carbocycles. The minimum absolute atomic E-state index is 0.990. The lowest BCUT2D eigenvalue weighted by atomic mass is 9.69. The summed E-state index contributed by atoms with van der Waals surface area (Å²) in [4.78, 5) is 47.3. The smallest absolute Gasteiger partial charge is 0.340 e. The maximum atomic E-state index is 12.2. The molecule has 0 aliphatic rings. The lowest BCUT2D eigenvalue weighted by Gasteiger charge is -2.30. The molecule has 0 aromatic heterocycles. The number of carboxylic acids is 2. The van der Waals surface area contributed by atoms with Gasteiger partial charge in [-0.15, -0.1) is 0 Å². The van der Waals surface area contributed by atoms with Crippen LogP contribution in [0.3, 0.4) is 0 Å². The van der Waals surface area contributed by atoms with E-state index in [4.69, 9.17) is 11.4 Å². The molecule has 23 heavy (non-hydrogen) atoms. The Hall–Kier alpha value is -2.07. The average molecular weight is 326 g/mol. The first-order valence-electron chi connectivity index (χ1n) is 6.50. The van der Waals surface area contributed by atoms with Crippen LogP contribution in [0.2, 0.25) is 0 Å². The first kappa shape index (κ1) is 20.9. The Bertz CT molecular complexity index is 503. The quantitative estimate of drug-likeness (QED) is 0.201. The molecule has 0 aliphatic carbocycles. The van der Waals surface area contributed by atoms with E-state index in [1.54, 1.807) is 0 Å². The number of rotatable bonds is 8. The van der Waals surface area contributed by atoms with E-state index in [2.05, 4.69) is 5.32 Å². The highest BCUT2D eigenvalue weighted by atomic mass is 16.4. The molecule has 12 heteroatoms. The number of hydrogen-bond acceptors (Lipinski definition) is 6. The number of nitrogens with one attached hydrogen (secondary N) is 2. The van der Waals surface area contributed by atoms with Crippen molar-refractivity contribution in [2.75, 3.05) is 0 Å². The standard InChI is InChI=1S/C11H20B2N4O6/c1-9(2,14)13-17-6(19)11(7(20)21,8(22)23)5(18)16-10(3,4)12-15/h14-15H2,1-4H3,(H,16,18)(H,17,19)(H,20,21)(H,22,23). The Labute approximate surface area is 134 Å². The molecule has 0 spiro atoms. The van der Waals surface area contributed by atoms with Crippen molar-refractivity contribution in [3.8, 4) is 0 Å². The normalized spacial score (nSPS) is 12.1. The highest BCUT2D eigenvalue weighted by Crippen LogP contribution is 2.21. The molecular weight excluding hydrogens is 306 g/mol. The van der Waals surface area contributed by atoms with Crippen LogP contribution in [-0.4, -0.2) is 59.7 Å². The minimum Gasteiger partial charge on any atom is -0.480 e. The van der Waals surface area contributed by atoms with Gasteiger partial charge in [0.15, 0.2) is 0 Å². The molecule has 0 atom stereocenters. The summed E-state index contributed by atoms with van der Waals surface area (Å²) in [5, 5.41) is 22.5. The molecule has 0 saturated heterocycles. The first-order valence-corrected chi connectivity index (χ1v) is 6.50. The number of nitrogens with two attached hydrogens (primary N) is 2. The zero-order valence-corrected chi connectivity index (χ0v) is 13.3. The summed E-state index contributed by atoms with van der Waals surface area (Å²) in [6, 6.07) is 0. The van der Waals surface area contributed by atoms with Gasteiger partial charge in [-0.05, 0) is 13.8 Å². The summed E-state index contributed by atoms with van der Waals surface area (Å²) >= 11 is 0. The van der Waals surface area contributed by atoms with Crippen LogP contribution in [-0.2, 0) is 19.2 Å². The number of carbonyl (C=O) groups excluding carboxylic acids is 2. The van der Waals surface area contributed by atoms with Crippen molar-refractivity contribution in [2.24, 2.45) is 16.8 Å². The van der Waals surface area contributed by atoms with Gasteiger partial charge in [-0.25, -0.2) is 9.59 Å². The van der Waals surface area contributed by atoms with Crippen molar-refractivity contribution in [3.05, 3.63) is 0 Å². The predicted molar refractivity (Wildman–Crippen MR) is 82.0 cm³/mol. The van der Waals surface area contributed by atoms with Crippen LogP contribution in [0.1, 0.15) is 27.7 Å². The molecule has 0 fully saturated rings. The van der Waals surface area contributed by atoms with Crippen molar-refractivity contribution in [1.82, 2.24) is 10.5 Å². The van der Waals surface area contributed by atoms with Gasteiger partial charge in [0, 0.05) is 10.9 Å². The molecule has 0 aromatic rings. The fourth-order valence-corrected chi connectivity index (χ4v) is 1.37.